The maximum absolute atomic E-state index is 15.5. The highest BCUT2D eigenvalue weighted by molar-refractivity contribution is 7.91. The van der Waals surface area contributed by atoms with Crippen LogP contribution in [0.3, 0.4) is 0 Å². The first-order valence-electron chi connectivity index (χ1n) is 11.9. The Balaban J connectivity index is 1.64. The molecular formula is C25H26F5NO4S2. The number of hydrogen-bond acceptors (Lipinski definition) is 4. The van der Waals surface area contributed by atoms with Crippen LogP contribution in [-0.4, -0.2) is 47.9 Å². The highest BCUT2D eigenvalue weighted by Crippen LogP contribution is 2.61. The Bertz CT molecular complexity index is 1350. The molecule has 2 aromatic carbocycles. The number of ether oxygens (including phenoxy) is 1. The Labute approximate surface area is 214 Å². The van der Waals surface area contributed by atoms with E-state index in [1.54, 1.807) is 19.1 Å². The predicted octanol–water partition coefficient (Wildman–Crippen LogP) is 5.05. The van der Waals surface area contributed by atoms with E-state index in [1.807, 2.05) is 0 Å². The lowest BCUT2D eigenvalue weighted by Gasteiger charge is -2.56. The Hall–Kier alpha value is -2.05. The van der Waals surface area contributed by atoms with Crippen molar-refractivity contribution in [1.29, 1.82) is 0 Å². The van der Waals surface area contributed by atoms with Crippen LogP contribution >= 0.6 is 0 Å². The van der Waals surface area contributed by atoms with Gasteiger partial charge in [0.15, 0.2) is 21.4 Å². The van der Waals surface area contributed by atoms with Crippen molar-refractivity contribution < 1.29 is 39.3 Å². The van der Waals surface area contributed by atoms with Crippen molar-refractivity contribution in [1.82, 2.24) is 4.31 Å². The second kappa shape index (κ2) is 9.01. The fraction of sp³-hybridized carbons (Fsp3) is 0.520. The van der Waals surface area contributed by atoms with Crippen LogP contribution in [0, 0.1) is 29.9 Å². The molecule has 2 aliphatic heterocycles. The fourth-order valence-electron chi connectivity index (χ4n) is 6.68. The van der Waals surface area contributed by atoms with E-state index in [9.17, 15) is 30.2 Å². The van der Waals surface area contributed by atoms with Crippen LogP contribution in [0.1, 0.15) is 36.8 Å². The first-order chi connectivity index (χ1) is 17.3. The van der Waals surface area contributed by atoms with Crippen molar-refractivity contribution in [3.8, 4) is 5.75 Å². The topological polar surface area (TPSA) is 63.7 Å². The lowest BCUT2D eigenvalue weighted by molar-refractivity contribution is -0.0439. The van der Waals surface area contributed by atoms with E-state index in [1.165, 1.54) is 12.1 Å². The molecule has 4 unspecified atom stereocenters. The zero-order chi connectivity index (χ0) is 26.8. The van der Waals surface area contributed by atoms with Crippen LogP contribution in [0.25, 0.3) is 0 Å². The van der Waals surface area contributed by atoms with E-state index in [0.29, 0.717) is 12.8 Å². The number of fused-ring (bicyclic) bond motifs is 4. The van der Waals surface area contributed by atoms with Crippen molar-refractivity contribution in [2.24, 2.45) is 11.3 Å². The summed E-state index contributed by atoms with van der Waals surface area (Å²) in [4.78, 5) is 0.0296. The largest absolute Gasteiger partial charge is 0.490 e. The Morgan fingerprint density at radius 2 is 1.73 bits per heavy atom. The van der Waals surface area contributed by atoms with Gasteiger partial charge in [-0.3, -0.25) is 0 Å². The molecule has 2 fully saturated rings. The third kappa shape index (κ3) is 4.38. The molecule has 0 bridgehead atoms. The van der Waals surface area contributed by atoms with E-state index in [4.69, 9.17) is 4.74 Å². The van der Waals surface area contributed by atoms with Gasteiger partial charge in [-0.25, -0.2) is 25.7 Å². The van der Waals surface area contributed by atoms with Crippen LogP contribution in [0.4, 0.5) is 22.0 Å². The van der Waals surface area contributed by atoms with E-state index < -0.39 is 60.5 Å². The summed E-state index contributed by atoms with van der Waals surface area (Å²) in [6.45, 7) is 1.32. The van der Waals surface area contributed by atoms with Crippen molar-refractivity contribution in [3.63, 3.8) is 0 Å². The summed E-state index contributed by atoms with van der Waals surface area (Å²) in [7, 11) is -7.26. The van der Waals surface area contributed by atoms with Gasteiger partial charge >= 0.3 is 5.51 Å². The molecule has 202 valence electrons. The highest BCUT2D eigenvalue weighted by atomic mass is 32.2. The lowest BCUT2D eigenvalue weighted by Crippen LogP contribution is -2.58. The molecule has 2 aromatic rings. The average Bonchev–Trinajstić information content (AvgIpc) is 3.24. The minimum atomic E-state index is -4.93. The van der Waals surface area contributed by atoms with Gasteiger partial charge in [-0.2, -0.15) is 13.2 Å². The summed E-state index contributed by atoms with van der Waals surface area (Å²) in [5.74, 6) is -3.26. The van der Waals surface area contributed by atoms with Crippen molar-refractivity contribution in [2.75, 3.05) is 25.4 Å². The van der Waals surface area contributed by atoms with Gasteiger partial charge in [0, 0.05) is 30.0 Å². The van der Waals surface area contributed by atoms with Gasteiger partial charge in [0.25, 0.3) is 0 Å². The van der Waals surface area contributed by atoms with Gasteiger partial charge in [0.1, 0.15) is 5.82 Å². The molecule has 1 saturated carbocycles. The Morgan fingerprint density at radius 1 is 1.05 bits per heavy atom. The van der Waals surface area contributed by atoms with Gasteiger partial charge < -0.3 is 4.74 Å². The summed E-state index contributed by atoms with van der Waals surface area (Å²) in [6.07, 6.45) is 1.23. The second-order valence-corrected chi connectivity index (χ2v) is 13.8. The number of alkyl halides is 3. The van der Waals surface area contributed by atoms with Gasteiger partial charge in [0.05, 0.1) is 17.3 Å². The molecule has 3 aliphatic rings. The van der Waals surface area contributed by atoms with Crippen molar-refractivity contribution in [2.45, 2.75) is 48.4 Å². The number of hydrogen-bond donors (Lipinski definition) is 0. The van der Waals surface area contributed by atoms with Crippen LogP contribution in [0.2, 0.25) is 0 Å². The number of rotatable bonds is 4. The first-order valence-corrected chi connectivity index (χ1v) is 14.7. The van der Waals surface area contributed by atoms with E-state index >= 15 is 4.39 Å². The van der Waals surface area contributed by atoms with Crippen molar-refractivity contribution in [3.05, 3.63) is 59.2 Å². The fourth-order valence-corrected chi connectivity index (χ4v) is 9.49. The summed E-state index contributed by atoms with van der Waals surface area (Å²) < 4.78 is 116. The van der Waals surface area contributed by atoms with Crippen LogP contribution in [-0.2, 0) is 26.2 Å². The molecule has 1 spiro atoms. The van der Waals surface area contributed by atoms with Crippen LogP contribution < -0.4 is 4.74 Å². The van der Waals surface area contributed by atoms with Crippen LogP contribution in [0.15, 0.2) is 41.3 Å². The number of halogens is 5. The number of sulfone groups is 1. The van der Waals surface area contributed by atoms with Gasteiger partial charge in [-0.05, 0) is 55.9 Å². The lowest BCUT2D eigenvalue weighted by atomic mass is 9.52. The standard InChI is InChI=1S/C25H26F5NO4S2/c1-16-3-5-17(6-4-16)37(33,34)15-24-10-2-9-23(11-12-31(14-23)36(32)25(28,29)30)20(24)13-35-22-19(27)8-7-18(26)21(22)24/h3-8,20H,2,9-15H2,1H3. The molecule has 37 heavy (non-hydrogen) atoms. The molecule has 1 aliphatic carbocycles. The normalized spacial score (nSPS) is 29.0. The molecular weight excluding hydrogens is 537 g/mol. The second-order valence-electron chi connectivity index (χ2n) is 10.3. The molecule has 5 rings (SSSR count). The van der Waals surface area contributed by atoms with E-state index in [-0.39, 0.29) is 48.7 Å². The van der Waals surface area contributed by atoms with Gasteiger partial charge in [-0.15, -0.1) is 0 Å². The quantitative estimate of drug-likeness (QED) is 0.489. The third-order valence-corrected chi connectivity index (χ3v) is 11.3. The smallest absolute Gasteiger partial charge is 0.485 e. The summed E-state index contributed by atoms with van der Waals surface area (Å²) in [5, 5.41) is 0. The summed E-state index contributed by atoms with van der Waals surface area (Å²) in [5.41, 5.74) is -6.60. The third-order valence-electron chi connectivity index (χ3n) is 8.27. The molecule has 0 amide bonds. The first kappa shape index (κ1) is 26.6. The molecule has 0 N–H and O–H groups in total. The zero-order valence-corrected chi connectivity index (χ0v) is 21.6. The average molecular weight is 564 g/mol. The Morgan fingerprint density at radius 3 is 2.41 bits per heavy atom. The maximum atomic E-state index is 15.5. The number of nitrogens with zero attached hydrogens (tertiary/aromatic N) is 1. The number of benzene rings is 2. The van der Waals surface area contributed by atoms with Crippen molar-refractivity contribution >= 4 is 20.8 Å². The van der Waals surface area contributed by atoms with E-state index in [0.717, 1.165) is 22.0 Å². The van der Waals surface area contributed by atoms with E-state index in [2.05, 4.69) is 0 Å². The summed E-state index contributed by atoms with van der Waals surface area (Å²) in [6, 6.07) is 8.05. The molecule has 12 heteroatoms. The minimum absolute atomic E-state index is 0.0296. The highest BCUT2D eigenvalue weighted by Gasteiger charge is 2.62. The Kier molecular flexibility index (Phi) is 6.47. The van der Waals surface area contributed by atoms with Gasteiger partial charge in [-0.1, -0.05) is 24.1 Å². The van der Waals surface area contributed by atoms with Gasteiger partial charge in [0.2, 0.25) is 11.0 Å². The molecule has 4 atom stereocenters. The molecule has 2 heterocycles. The summed E-state index contributed by atoms with van der Waals surface area (Å²) >= 11 is 0. The maximum Gasteiger partial charge on any atom is 0.485 e. The monoisotopic (exact) mass is 563 g/mol. The molecule has 5 nitrogen and oxygen atoms in total. The zero-order valence-electron chi connectivity index (χ0n) is 20.0. The molecule has 1 saturated heterocycles. The predicted molar refractivity (Wildman–Crippen MR) is 127 cm³/mol. The molecule has 0 radical (unpaired) electrons. The SMILES string of the molecule is Cc1ccc(S(=O)(=O)CC23CCCC4(CCN(S(=O)C(F)(F)F)C4)C2COc2c(F)ccc(F)c23)cc1. The number of aryl methyl sites for hydroxylation is 1. The van der Waals surface area contributed by atoms with Crippen LogP contribution in [0.5, 0.6) is 5.75 Å². The minimum Gasteiger partial charge on any atom is -0.490 e. The molecule has 0 aromatic heterocycles.